The Labute approximate surface area is 115 Å². The first-order valence-corrected chi connectivity index (χ1v) is 7.10. The second-order valence-electron chi connectivity index (χ2n) is 3.99. The van der Waals surface area contributed by atoms with Crippen molar-refractivity contribution in [2.24, 2.45) is 0 Å². The van der Waals surface area contributed by atoms with Gasteiger partial charge < -0.3 is 5.32 Å². The number of hydrogen-bond acceptors (Lipinski definition) is 1. The summed E-state index contributed by atoms with van der Waals surface area (Å²) in [6.45, 7) is 0. The summed E-state index contributed by atoms with van der Waals surface area (Å²) in [7, 11) is 0. The van der Waals surface area contributed by atoms with Crippen molar-refractivity contribution in [3.05, 3.63) is 33.1 Å². The topological polar surface area (TPSA) is 29.1 Å². The normalized spacial score (nSPS) is 16.9. The van der Waals surface area contributed by atoms with Gasteiger partial charge in [-0.15, -0.1) is 0 Å². The Morgan fingerprint density at radius 2 is 2.25 bits per heavy atom. The van der Waals surface area contributed by atoms with Gasteiger partial charge in [-0.25, -0.2) is 4.39 Å². The standard InChI is InChI=1S/C11H10BrFINO/c12-6-11(3-4-11)15-10(16)8-2-1-7(13)5-9(8)14/h1-2,5H,3-4,6H2,(H,15,16). The number of amides is 1. The molecule has 16 heavy (non-hydrogen) atoms. The van der Waals surface area contributed by atoms with Crippen LogP contribution in [0, 0.1) is 9.39 Å². The Morgan fingerprint density at radius 1 is 1.56 bits per heavy atom. The molecule has 86 valence electrons. The number of alkyl halides is 1. The van der Waals surface area contributed by atoms with Crippen LogP contribution in [0.3, 0.4) is 0 Å². The lowest BCUT2D eigenvalue weighted by Gasteiger charge is -2.14. The highest BCUT2D eigenvalue weighted by atomic mass is 127. The minimum Gasteiger partial charge on any atom is -0.346 e. The van der Waals surface area contributed by atoms with Crippen LogP contribution in [0.5, 0.6) is 0 Å². The Kier molecular flexibility index (Phi) is 3.53. The number of carbonyl (C=O) groups is 1. The third kappa shape index (κ3) is 2.56. The van der Waals surface area contributed by atoms with E-state index in [2.05, 4.69) is 21.2 Å². The molecule has 5 heteroatoms. The fraction of sp³-hybridized carbons (Fsp3) is 0.364. The molecule has 0 aromatic heterocycles. The molecule has 0 heterocycles. The largest absolute Gasteiger partial charge is 0.346 e. The average molecular weight is 398 g/mol. The van der Waals surface area contributed by atoms with Crippen LogP contribution < -0.4 is 5.32 Å². The molecule has 1 saturated carbocycles. The van der Waals surface area contributed by atoms with Gasteiger partial charge in [0.2, 0.25) is 0 Å². The lowest BCUT2D eigenvalue weighted by molar-refractivity contribution is 0.0935. The SMILES string of the molecule is O=C(NC1(CBr)CC1)c1ccc(F)cc1I. The zero-order chi connectivity index (χ0) is 11.8. The molecule has 1 aromatic rings. The number of carbonyl (C=O) groups excluding carboxylic acids is 1. The maximum Gasteiger partial charge on any atom is 0.252 e. The fourth-order valence-electron chi connectivity index (χ4n) is 1.42. The molecule has 0 atom stereocenters. The number of hydrogen-bond donors (Lipinski definition) is 1. The summed E-state index contributed by atoms with van der Waals surface area (Å²) in [6.07, 6.45) is 2.00. The number of halogens is 3. The summed E-state index contributed by atoms with van der Waals surface area (Å²) >= 11 is 5.36. The highest BCUT2D eigenvalue weighted by Crippen LogP contribution is 2.37. The zero-order valence-electron chi connectivity index (χ0n) is 8.40. The minimum absolute atomic E-state index is 0.0749. The van der Waals surface area contributed by atoms with Crippen LogP contribution in [0.4, 0.5) is 4.39 Å². The molecule has 1 N–H and O–H groups in total. The molecule has 2 nitrogen and oxygen atoms in total. The molecule has 1 amide bonds. The molecule has 2 rings (SSSR count). The van der Waals surface area contributed by atoms with Crippen LogP contribution in [0.2, 0.25) is 0 Å². The first-order valence-electron chi connectivity index (χ1n) is 4.90. The van der Waals surface area contributed by atoms with E-state index in [0.29, 0.717) is 9.13 Å². The van der Waals surface area contributed by atoms with Gasteiger partial charge in [0.05, 0.1) is 11.1 Å². The van der Waals surface area contributed by atoms with Gasteiger partial charge in [0, 0.05) is 8.90 Å². The number of nitrogens with one attached hydrogen (secondary N) is 1. The van der Waals surface area contributed by atoms with Crippen molar-refractivity contribution in [1.29, 1.82) is 0 Å². The van der Waals surface area contributed by atoms with Crippen LogP contribution in [0.1, 0.15) is 23.2 Å². The molecule has 0 aliphatic heterocycles. The first-order chi connectivity index (χ1) is 7.56. The smallest absolute Gasteiger partial charge is 0.252 e. The lowest BCUT2D eigenvalue weighted by atomic mass is 10.2. The Balaban J connectivity index is 2.15. The fourth-order valence-corrected chi connectivity index (χ4v) is 2.85. The molecule has 0 radical (unpaired) electrons. The van der Waals surface area contributed by atoms with Gasteiger partial charge in [-0.2, -0.15) is 0 Å². The van der Waals surface area contributed by atoms with Gasteiger partial charge in [-0.1, -0.05) is 15.9 Å². The molecular formula is C11H10BrFINO. The molecular weight excluding hydrogens is 388 g/mol. The van der Waals surface area contributed by atoms with E-state index in [1.165, 1.54) is 18.2 Å². The Hall–Kier alpha value is -0.170. The second kappa shape index (κ2) is 4.60. The van der Waals surface area contributed by atoms with E-state index in [4.69, 9.17) is 0 Å². The first kappa shape index (κ1) is 12.3. The van der Waals surface area contributed by atoms with E-state index in [1.807, 2.05) is 22.6 Å². The van der Waals surface area contributed by atoms with Crippen molar-refractivity contribution in [1.82, 2.24) is 5.32 Å². The summed E-state index contributed by atoms with van der Waals surface area (Å²) in [5, 5.41) is 3.75. The van der Waals surface area contributed by atoms with E-state index in [0.717, 1.165) is 18.2 Å². The van der Waals surface area contributed by atoms with Crippen LogP contribution in [-0.2, 0) is 0 Å². The molecule has 1 aliphatic carbocycles. The van der Waals surface area contributed by atoms with Crippen LogP contribution >= 0.6 is 38.5 Å². The van der Waals surface area contributed by atoms with E-state index in [1.54, 1.807) is 0 Å². The summed E-state index contributed by atoms with van der Waals surface area (Å²) < 4.78 is 13.5. The van der Waals surface area contributed by atoms with Gasteiger partial charge in [0.1, 0.15) is 5.82 Å². The van der Waals surface area contributed by atoms with Crippen molar-refractivity contribution >= 4 is 44.4 Å². The number of rotatable bonds is 3. The summed E-state index contributed by atoms with van der Waals surface area (Å²) in [6, 6.07) is 4.20. The van der Waals surface area contributed by atoms with Gasteiger partial charge in [0.25, 0.3) is 5.91 Å². The van der Waals surface area contributed by atoms with Gasteiger partial charge >= 0.3 is 0 Å². The average Bonchev–Trinajstić information content (AvgIpc) is 2.98. The third-order valence-corrected chi connectivity index (χ3v) is 4.63. The summed E-state index contributed by atoms with van der Waals surface area (Å²) in [5.41, 5.74) is 0.461. The quantitative estimate of drug-likeness (QED) is 0.616. The number of benzene rings is 1. The molecule has 1 aromatic carbocycles. The summed E-state index contributed by atoms with van der Waals surface area (Å²) in [4.78, 5) is 11.9. The predicted molar refractivity (Wildman–Crippen MR) is 72.3 cm³/mol. The molecule has 1 fully saturated rings. The highest BCUT2D eigenvalue weighted by molar-refractivity contribution is 14.1. The molecule has 1 aliphatic rings. The Bertz CT molecular complexity index is 434. The maximum atomic E-state index is 12.9. The van der Waals surface area contributed by atoms with Crippen LogP contribution in [0.15, 0.2) is 18.2 Å². The zero-order valence-corrected chi connectivity index (χ0v) is 12.1. The molecule has 0 spiro atoms. The second-order valence-corrected chi connectivity index (χ2v) is 5.72. The van der Waals surface area contributed by atoms with Crippen molar-refractivity contribution in [3.8, 4) is 0 Å². The van der Waals surface area contributed by atoms with Gasteiger partial charge in [-0.3, -0.25) is 4.79 Å². The molecule has 0 unspecified atom stereocenters. The van der Waals surface area contributed by atoms with Gasteiger partial charge in [0.15, 0.2) is 0 Å². The van der Waals surface area contributed by atoms with Gasteiger partial charge in [-0.05, 0) is 53.6 Å². The van der Waals surface area contributed by atoms with E-state index in [-0.39, 0.29) is 17.3 Å². The summed E-state index contributed by atoms with van der Waals surface area (Å²) in [5.74, 6) is -0.441. The van der Waals surface area contributed by atoms with E-state index in [9.17, 15) is 9.18 Å². The van der Waals surface area contributed by atoms with E-state index < -0.39 is 0 Å². The van der Waals surface area contributed by atoms with Crippen molar-refractivity contribution in [2.45, 2.75) is 18.4 Å². The van der Waals surface area contributed by atoms with Crippen molar-refractivity contribution in [3.63, 3.8) is 0 Å². The van der Waals surface area contributed by atoms with Crippen LogP contribution in [0.25, 0.3) is 0 Å². The Morgan fingerprint density at radius 3 is 2.75 bits per heavy atom. The minimum atomic E-state index is -0.317. The maximum absolute atomic E-state index is 12.9. The monoisotopic (exact) mass is 397 g/mol. The highest BCUT2D eigenvalue weighted by Gasteiger charge is 2.43. The van der Waals surface area contributed by atoms with Crippen molar-refractivity contribution in [2.75, 3.05) is 5.33 Å². The third-order valence-electron chi connectivity index (χ3n) is 2.66. The molecule has 0 bridgehead atoms. The van der Waals surface area contributed by atoms with Crippen molar-refractivity contribution < 1.29 is 9.18 Å². The van der Waals surface area contributed by atoms with E-state index >= 15 is 0 Å². The lowest BCUT2D eigenvalue weighted by Crippen LogP contribution is -2.38. The molecule has 0 saturated heterocycles. The van der Waals surface area contributed by atoms with Crippen LogP contribution in [-0.4, -0.2) is 16.8 Å². The predicted octanol–water partition coefficient (Wildman–Crippen LogP) is 3.09.